The van der Waals surface area contributed by atoms with Crippen molar-refractivity contribution in [3.63, 3.8) is 0 Å². The average molecular weight is 226 g/mol. The number of furan rings is 1. The van der Waals surface area contributed by atoms with Crippen LogP contribution in [-0.4, -0.2) is 5.78 Å². The summed E-state index contributed by atoms with van der Waals surface area (Å²) in [5.41, 5.74) is 0.719. The van der Waals surface area contributed by atoms with E-state index >= 15 is 0 Å². The molecule has 0 saturated heterocycles. The van der Waals surface area contributed by atoms with E-state index in [0.717, 1.165) is 11.3 Å². The molecule has 0 radical (unpaired) electrons. The summed E-state index contributed by atoms with van der Waals surface area (Å²) in [6.07, 6.45) is 4.08. The van der Waals surface area contributed by atoms with Crippen molar-refractivity contribution in [3.8, 4) is 0 Å². The largest absolute Gasteiger partial charge is 0.461 e. The van der Waals surface area contributed by atoms with Crippen LogP contribution in [0.3, 0.4) is 0 Å². The van der Waals surface area contributed by atoms with Crippen LogP contribution in [0.5, 0.6) is 0 Å². The van der Waals surface area contributed by atoms with E-state index in [1.807, 2.05) is 61.5 Å². The van der Waals surface area contributed by atoms with Gasteiger partial charge in [-0.1, -0.05) is 36.4 Å². The second-order valence-electron chi connectivity index (χ2n) is 3.77. The molecular weight excluding hydrogens is 212 g/mol. The van der Waals surface area contributed by atoms with Gasteiger partial charge in [-0.3, -0.25) is 4.79 Å². The van der Waals surface area contributed by atoms with Crippen molar-refractivity contribution >= 4 is 11.9 Å². The molecule has 2 aromatic rings. The second-order valence-corrected chi connectivity index (χ2v) is 3.77. The fourth-order valence-electron chi connectivity index (χ4n) is 1.63. The molecule has 0 amide bonds. The number of ketones is 1. The Labute approximate surface area is 101 Å². The summed E-state index contributed by atoms with van der Waals surface area (Å²) in [6.45, 7) is 1.93. The monoisotopic (exact) mass is 226 g/mol. The SMILES string of the molecule is C/C=C/c1ccc(CC(=O)c2ccccc2)o1. The van der Waals surface area contributed by atoms with Gasteiger partial charge < -0.3 is 4.42 Å². The first-order chi connectivity index (χ1) is 8.29. The van der Waals surface area contributed by atoms with Gasteiger partial charge in [-0.25, -0.2) is 0 Å². The molecule has 2 nitrogen and oxygen atoms in total. The fourth-order valence-corrected chi connectivity index (χ4v) is 1.63. The minimum atomic E-state index is 0.0759. The van der Waals surface area contributed by atoms with Crippen molar-refractivity contribution in [2.45, 2.75) is 13.3 Å². The number of hydrogen-bond donors (Lipinski definition) is 0. The predicted octanol–water partition coefficient (Wildman–Crippen LogP) is 3.74. The molecule has 0 spiro atoms. The van der Waals surface area contributed by atoms with Gasteiger partial charge in [-0.2, -0.15) is 0 Å². The zero-order valence-corrected chi connectivity index (χ0v) is 9.72. The minimum absolute atomic E-state index is 0.0759. The Hall–Kier alpha value is -2.09. The maximum atomic E-state index is 11.9. The van der Waals surface area contributed by atoms with Crippen LogP contribution in [0.1, 0.15) is 28.8 Å². The summed E-state index contributed by atoms with van der Waals surface area (Å²) in [5.74, 6) is 1.56. The molecule has 0 N–H and O–H groups in total. The number of carbonyl (C=O) groups excluding carboxylic acids is 1. The lowest BCUT2D eigenvalue weighted by Gasteiger charge is -1.97. The first kappa shape index (κ1) is 11.4. The Bertz CT molecular complexity index is 521. The molecular formula is C15H14O2. The third-order valence-corrected chi connectivity index (χ3v) is 2.44. The number of hydrogen-bond acceptors (Lipinski definition) is 2. The van der Waals surface area contributed by atoms with E-state index in [4.69, 9.17) is 4.42 Å². The molecule has 17 heavy (non-hydrogen) atoms. The van der Waals surface area contributed by atoms with E-state index < -0.39 is 0 Å². The predicted molar refractivity (Wildman–Crippen MR) is 67.9 cm³/mol. The zero-order chi connectivity index (χ0) is 12.1. The lowest BCUT2D eigenvalue weighted by atomic mass is 10.1. The maximum absolute atomic E-state index is 11.9. The molecule has 2 heteroatoms. The molecule has 1 heterocycles. The second kappa shape index (κ2) is 5.30. The Kier molecular flexibility index (Phi) is 3.55. The van der Waals surface area contributed by atoms with E-state index in [9.17, 15) is 4.79 Å². The van der Waals surface area contributed by atoms with Crippen molar-refractivity contribution in [1.82, 2.24) is 0 Å². The highest BCUT2D eigenvalue weighted by molar-refractivity contribution is 5.97. The van der Waals surface area contributed by atoms with Gasteiger partial charge in [-0.05, 0) is 25.1 Å². The van der Waals surface area contributed by atoms with Gasteiger partial charge >= 0.3 is 0 Å². The Morgan fingerprint density at radius 1 is 1.18 bits per heavy atom. The van der Waals surface area contributed by atoms with Gasteiger partial charge in [0.1, 0.15) is 11.5 Å². The van der Waals surface area contributed by atoms with Crippen LogP contribution in [0.15, 0.2) is 53.0 Å². The molecule has 0 aliphatic heterocycles. The molecule has 0 saturated carbocycles. The number of rotatable bonds is 4. The summed E-state index contributed by atoms with van der Waals surface area (Å²) < 4.78 is 5.51. The van der Waals surface area contributed by atoms with Crippen molar-refractivity contribution in [1.29, 1.82) is 0 Å². The molecule has 0 atom stereocenters. The molecule has 0 unspecified atom stereocenters. The van der Waals surface area contributed by atoms with E-state index in [-0.39, 0.29) is 5.78 Å². The highest BCUT2D eigenvalue weighted by Gasteiger charge is 2.09. The third-order valence-electron chi connectivity index (χ3n) is 2.44. The molecule has 0 aliphatic carbocycles. The summed E-state index contributed by atoms with van der Waals surface area (Å²) in [6, 6.07) is 13.0. The van der Waals surface area contributed by atoms with Gasteiger partial charge in [0.05, 0.1) is 6.42 Å². The molecule has 2 rings (SSSR count). The van der Waals surface area contributed by atoms with Crippen molar-refractivity contribution in [2.75, 3.05) is 0 Å². The van der Waals surface area contributed by atoms with Crippen molar-refractivity contribution in [2.24, 2.45) is 0 Å². The van der Waals surface area contributed by atoms with Crippen molar-refractivity contribution in [3.05, 3.63) is 65.6 Å². The first-order valence-corrected chi connectivity index (χ1v) is 5.59. The summed E-state index contributed by atoms with van der Waals surface area (Å²) in [4.78, 5) is 11.9. The topological polar surface area (TPSA) is 30.2 Å². The average Bonchev–Trinajstić information content (AvgIpc) is 2.78. The van der Waals surface area contributed by atoms with E-state index in [2.05, 4.69) is 0 Å². The lowest BCUT2D eigenvalue weighted by Crippen LogP contribution is -2.01. The van der Waals surface area contributed by atoms with Crippen molar-refractivity contribution < 1.29 is 9.21 Å². The van der Waals surface area contributed by atoms with Gasteiger partial charge in [0.2, 0.25) is 0 Å². The molecule has 1 aromatic carbocycles. The number of allylic oxidation sites excluding steroid dienone is 1. The summed E-state index contributed by atoms with van der Waals surface area (Å²) in [5, 5.41) is 0. The molecule has 1 aromatic heterocycles. The standard InChI is InChI=1S/C15H14O2/c1-2-6-13-9-10-14(17-13)11-15(16)12-7-4-3-5-8-12/h2-10H,11H2,1H3/b6-2+. The number of benzene rings is 1. The molecule has 0 fully saturated rings. The first-order valence-electron chi connectivity index (χ1n) is 5.59. The van der Waals surface area contributed by atoms with Crippen LogP contribution in [0.25, 0.3) is 6.08 Å². The van der Waals surface area contributed by atoms with Gasteiger partial charge in [0.15, 0.2) is 5.78 Å². The molecule has 0 bridgehead atoms. The van der Waals surface area contributed by atoms with Gasteiger partial charge in [-0.15, -0.1) is 0 Å². The zero-order valence-electron chi connectivity index (χ0n) is 9.72. The van der Waals surface area contributed by atoms with Crippen LogP contribution in [0, 0.1) is 0 Å². The van der Waals surface area contributed by atoms with Crippen LogP contribution in [-0.2, 0) is 6.42 Å². The lowest BCUT2D eigenvalue weighted by molar-refractivity contribution is 0.0987. The smallest absolute Gasteiger partial charge is 0.170 e. The van der Waals surface area contributed by atoms with Crippen LogP contribution < -0.4 is 0 Å². The van der Waals surface area contributed by atoms with Gasteiger partial charge in [0.25, 0.3) is 0 Å². The fraction of sp³-hybridized carbons (Fsp3) is 0.133. The van der Waals surface area contributed by atoms with Crippen LogP contribution in [0.2, 0.25) is 0 Å². The molecule has 86 valence electrons. The Morgan fingerprint density at radius 2 is 1.94 bits per heavy atom. The van der Waals surface area contributed by atoms with Crippen LogP contribution in [0.4, 0.5) is 0 Å². The highest BCUT2D eigenvalue weighted by Crippen LogP contribution is 2.12. The minimum Gasteiger partial charge on any atom is -0.461 e. The molecule has 0 aliphatic rings. The number of Topliss-reactive ketones (excluding diaryl/α,β-unsaturated/α-hetero) is 1. The summed E-state index contributed by atoms with van der Waals surface area (Å²) in [7, 11) is 0. The Balaban J connectivity index is 2.08. The van der Waals surface area contributed by atoms with E-state index in [1.165, 1.54) is 0 Å². The van der Waals surface area contributed by atoms with E-state index in [0.29, 0.717) is 12.2 Å². The quantitative estimate of drug-likeness (QED) is 0.743. The normalized spacial score (nSPS) is 10.9. The third kappa shape index (κ3) is 2.94. The summed E-state index contributed by atoms with van der Waals surface area (Å²) >= 11 is 0. The Morgan fingerprint density at radius 3 is 2.65 bits per heavy atom. The van der Waals surface area contributed by atoms with Gasteiger partial charge in [0, 0.05) is 5.56 Å². The number of carbonyl (C=O) groups is 1. The maximum Gasteiger partial charge on any atom is 0.170 e. The van der Waals surface area contributed by atoms with Crippen LogP contribution >= 0.6 is 0 Å². The highest BCUT2D eigenvalue weighted by atomic mass is 16.3. The van der Waals surface area contributed by atoms with E-state index in [1.54, 1.807) is 0 Å².